The number of hydrogen-bond acceptors (Lipinski definition) is 3. The number of ether oxygens (including phenoxy) is 1. The van der Waals surface area contributed by atoms with Crippen LogP contribution in [0.2, 0.25) is 5.02 Å². The number of para-hydroxylation sites is 1. The molecule has 1 aromatic rings. The molecule has 0 saturated heterocycles. The number of nitriles is 1. The second-order valence-electron chi connectivity index (χ2n) is 2.65. The molecule has 0 fully saturated rings. The van der Waals surface area contributed by atoms with Crippen LogP contribution >= 0.6 is 11.6 Å². The maximum absolute atomic E-state index is 11.1. The zero-order valence-corrected chi connectivity index (χ0v) is 8.62. The highest BCUT2D eigenvalue weighted by molar-refractivity contribution is 6.32. The van der Waals surface area contributed by atoms with Gasteiger partial charge in [-0.2, -0.15) is 5.26 Å². The molecular weight excluding hydrogens is 216 g/mol. The van der Waals surface area contributed by atoms with E-state index in [2.05, 4.69) is 5.32 Å². The summed E-state index contributed by atoms with van der Waals surface area (Å²) in [7, 11) is 0. The van der Waals surface area contributed by atoms with Crippen molar-refractivity contribution >= 4 is 17.5 Å². The van der Waals surface area contributed by atoms with Gasteiger partial charge in [0.05, 0.1) is 11.1 Å². The van der Waals surface area contributed by atoms with Crippen molar-refractivity contribution in [1.29, 1.82) is 5.26 Å². The highest BCUT2D eigenvalue weighted by Crippen LogP contribution is 2.22. The molecule has 0 bridgehead atoms. The number of carbonyl (C=O) groups is 1. The van der Waals surface area contributed by atoms with Gasteiger partial charge in [0.15, 0.2) is 6.61 Å². The Kier molecular flexibility index (Phi) is 4.45. The third kappa shape index (κ3) is 3.88. The first kappa shape index (κ1) is 11.3. The molecule has 78 valence electrons. The van der Waals surface area contributed by atoms with Crippen molar-refractivity contribution < 1.29 is 9.53 Å². The van der Waals surface area contributed by atoms with Crippen LogP contribution in [-0.2, 0) is 4.79 Å². The first-order chi connectivity index (χ1) is 7.24. The van der Waals surface area contributed by atoms with E-state index in [0.29, 0.717) is 10.8 Å². The molecule has 0 aromatic heterocycles. The Bertz CT molecular complexity index is 387. The van der Waals surface area contributed by atoms with Gasteiger partial charge in [-0.15, -0.1) is 0 Å². The number of amides is 1. The summed E-state index contributed by atoms with van der Waals surface area (Å²) in [4.78, 5) is 11.1. The monoisotopic (exact) mass is 224 g/mol. The molecule has 1 N–H and O–H groups in total. The fourth-order valence-corrected chi connectivity index (χ4v) is 1.08. The summed E-state index contributed by atoms with van der Waals surface area (Å²) in [6.45, 7) is -0.171. The number of benzene rings is 1. The molecule has 0 aliphatic rings. The van der Waals surface area contributed by atoms with Crippen molar-refractivity contribution in [1.82, 2.24) is 5.32 Å². The Hall–Kier alpha value is -1.73. The molecular formula is C10H9ClN2O2. The minimum atomic E-state index is -0.350. The predicted octanol–water partition coefficient (Wildman–Crippen LogP) is 1.36. The van der Waals surface area contributed by atoms with Gasteiger partial charge < -0.3 is 10.1 Å². The number of nitrogens with one attached hydrogen (secondary N) is 1. The molecule has 5 heteroatoms. The van der Waals surface area contributed by atoms with Crippen molar-refractivity contribution in [3.63, 3.8) is 0 Å². The average Bonchev–Trinajstić information content (AvgIpc) is 2.25. The van der Waals surface area contributed by atoms with Crippen LogP contribution < -0.4 is 10.1 Å². The fourth-order valence-electron chi connectivity index (χ4n) is 0.894. The number of rotatable bonds is 4. The summed E-state index contributed by atoms with van der Waals surface area (Å²) >= 11 is 5.80. The Morgan fingerprint density at radius 2 is 2.27 bits per heavy atom. The maximum atomic E-state index is 11.1. The minimum absolute atomic E-state index is 0.0231. The van der Waals surface area contributed by atoms with E-state index in [1.54, 1.807) is 30.3 Å². The highest BCUT2D eigenvalue weighted by atomic mass is 35.5. The third-order valence-electron chi connectivity index (χ3n) is 1.56. The first-order valence-corrected chi connectivity index (χ1v) is 4.63. The third-order valence-corrected chi connectivity index (χ3v) is 1.87. The van der Waals surface area contributed by atoms with E-state index in [-0.39, 0.29) is 19.1 Å². The number of hydrogen-bond donors (Lipinski definition) is 1. The van der Waals surface area contributed by atoms with E-state index < -0.39 is 0 Å². The van der Waals surface area contributed by atoms with E-state index in [9.17, 15) is 4.79 Å². The van der Waals surface area contributed by atoms with Crippen molar-refractivity contribution in [2.75, 3.05) is 13.2 Å². The van der Waals surface area contributed by atoms with Gasteiger partial charge in [-0.3, -0.25) is 4.79 Å². The van der Waals surface area contributed by atoms with Crippen LogP contribution in [0.25, 0.3) is 0 Å². The SMILES string of the molecule is N#CCNC(=O)COc1ccccc1Cl. The lowest BCUT2D eigenvalue weighted by Gasteiger charge is -2.06. The summed E-state index contributed by atoms with van der Waals surface area (Å²) in [6.07, 6.45) is 0. The molecule has 4 nitrogen and oxygen atoms in total. The van der Waals surface area contributed by atoms with Crippen molar-refractivity contribution in [3.8, 4) is 11.8 Å². The molecule has 15 heavy (non-hydrogen) atoms. The Morgan fingerprint density at radius 1 is 1.53 bits per heavy atom. The maximum Gasteiger partial charge on any atom is 0.258 e. The molecule has 1 rings (SSSR count). The van der Waals surface area contributed by atoms with Gasteiger partial charge in [-0.25, -0.2) is 0 Å². The number of carbonyl (C=O) groups excluding carboxylic acids is 1. The van der Waals surface area contributed by atoms with Gasteiger partial charge in [0.2, 0.25) is 0 Å². The van der Waals surface area contributed by atoms with Gasteiger partial charge >= 0.3 is 0 Å². The molecule has 0 saturated carbocycles. The van der Waals surface area contributed by atoms with E-state index in [1.165, 1.54) is 0 Å². The van der Waals surface area contributed by atoms with E-state index in [1.807, 2.05) is 0 Å². The largest absolute Gasteiger partial charge is 0.482 e. The zero-order valence-electron chi connectivity index (χ0n) is 7.87. The van der Waals surface area contributed by atoms with Crippen LogP contribution in [0.4, 0.5) is 0 Å². The van der Waals surface area contributed by atoms with Crippen molar-refractivity contribution in [3.05, 3.63) is 29.3 Å². The minimum Gasteiger partial charge on any atom is -0.482 e. The van der Waals surface area contributed by atoms with Gasteiger partial charge in [-0.1, -0.05) is 23.7 Å². The Balaban J connectivity index is 2.41. The molecule has 1 amide bonds. The van der Waals surface area contributed by atoms with Crippen LogP contribution in [0.15, 0.2) is 24.3 Å². The molecule has 0 spiro atoms. The van der Waals surface area contributed by atoms with E-state index in [4.69, 9.17) is 21.6 Å². The molecule has 0 heterocycles. The van der Waals surface area contributed by atoms with Crippen LogP contribution in [0.5, 0.6) is 5.75 Å². The topological polar surface area (TPSA) is 62.1 Å². The lowest BCUT2D eigenvalue weighted by atomic mass is 10.3. The Labute approximate surface area is 92.4 Å². The van der Waals surface area contributed by atoms with Crippen LogP contribution in [0.3, 0.4) is 0 Å². The smallest absolute Gasteiger partial charge is 0.258 e. The van der Waals surface area contributed by atoms with E-state index >= 15 is 0 Å². The molecule has 0 radical (unpaired) electrons. The van der Waals surface area contributed by atoms with Crippen LogP contribution in [-0.4, -0.2) is 19.1 Å². The molecule has 1 aromatic carbocycles. The predicted molar refractivity (Wildman–Crippen MR) is 55.6 cm³/mol. The van der Waals surface area contributed by atoms with Gasteiger partial charge in [0, 0.05) is 0 Å². The second-order valence-corrected chi connectivity index (χ2v) is 3.06. The summed E-state index contributed by atoms with van der Waals surface area (Å²) in [5.74, 6) is 0.0998. The quantitative estimate of drug-likeness (QED) is 0.786. The van der Waals surface area contributed by atoms with E-state index in [0.717, 1.165) is 0 Å². The summed E-state index contributed by atoms with van der Waals surface area (Å²) in [6, 6.07) is 8.66. The standard InChI is InChI=1S/C10H9ClN2O2/c11-8-3-1-2-4-9(8)15-7-10(14)13-6-5-12/h1-4H,6-7H2,(H,13,14). The molecule has 0 atom stereocenters. The zero-order chi connectivity index (χ0) is 11.1. The average molecular weight is 225 g/mol. The van der Waals surface area contributed by atoms with Gasteiger partial charge in [-0.05, 0) is 12.1 Å². The van der Waals surface area contributed by atoms with Gasteiger partial charge in [0.25, 0.3) is 5.91 Å². The molecule has 0 unspecified atom stereocenters. The number of halogens is 1. The fraction of sp³-hybridized carbons (Fsp3) is 0.200. The second kappa shape index (κ2) is 5.89. The normalized spacial score (nSPS) is 9.07. The summed E-state index contributed by atoms with van der Waals surface area (Å²) in [5, 5.41) is 11.0. The highest BCUT2D eigenvalue weighted by Gasteiger charge is 2.03. The molecule has 0 aliphatic carbocycles. The first-order valence-electron chi connectivity index (χ1n) is 4.25. The van der Waals surface area contributed by atoms with Crippen molar-refractivity contribution in [2.24, 2.45) is 0 Å². The number of nitrogens with zero attached hydrogens (tertiary/aromatic N) is 1. The van der Waals surface area contributed by atoms with Gasteiger partial charge in [0.1, 0.15) is 12.3 Å². The molecule has 0 aliphatic heterocycles. The lowest BCUT2D eigenvalue weighted by Crippen LogP contribution is -2.29. The van der Waals surface area contributed by atoms with Crippen LogP contribution in [0, 0.1) is 11.3 Å². The summed E-state index contributed by atoms with van der Waals surface area (Å²) < 4.78 is 5.14. The van der Waals surface area contributed by atoms with Crippen molar-refractivity contribution in [2.45, 2.75) is 0 Å². The summed E-state index contributed by atoms with van der Waals surface area (Å²) in [5.41, 5.74) is 0. The Morgan fingerprint density at radius 3 is 2.93 bits per heavy atom. The lowest BCUT2D eigenvalue weighted by molar-refractivity contribution is -0.122. The van der Waals surface area contributed by atoms with Crippen LogP contribution in [0.1, 0.15) is 0 Å².